The number of nitrogen functional groups attached to an aromatic ring is 1. The van der Waals surface area contributed by atoms with Gasteiger partial charge in [0.05, 0.1) is 11.7 Å². The molecule has 76 valence electrons. The zero-order chi connectivity index (χ0) is 9.54. The zero-order valence-corrected chi connectivity index (χ0v) is 8.45. The second kappa shape index (κ2) is 3.01. The molecule has 0 aliphatic heterocycles. The summed E-state index contributed by atoms with van der Waals surface area (Å²) in [4.78, 5) is 0. The summed E-state index contributed by atoms with van der Waals surface area (Å²) in [5, 5.41) is 4.65. The molecule has 0 aromatic carbocycles. The summed E-state index contributed by atoms with van der Waals surface area (Å²) in [6.45, 7) is 0. The quantitative estimate of drug-likeness (QED) is 0.780. The van der Waals surface area contributed by atoms with Gasteiger partial charge in [0, 0.05) is 12.0 Å². The third-order valence-corrected chi connectivity index (χ3v) is 3.45. The Morgan fingerprint density at radius 2 is 1.93 bits per heavy atom. The van der Waals surface area contributed by atoms with Crippen LogP contribution in [0.2, 0.25) is 0 Å². The van der Waals surface area contributed by atoms with Crippen LogP contribution in [-0.4, -0.2) is 9.78 Å². The van der Waals surface area contributed by atoms with E-state index in [2.05, 4.69) is 15.8 Å². The molecule has 0 spiro atoms. The maximum Gasteiger partial charge on any atom is 0.122 e. The standard InChI is InChI=1S/C11H17N3/c12-11-7-10(8-5-6-8)13-14(11)9-3-1-2-4-9/h7-9H,1-6,12H2. The highest BCUT2D eigenvalue weighted by molar-refractivity contribution is 5.34. The monoisotopic (exact) mass is 191 g/mol. The van der Waals surface area contributed by atoms with Gasteiger partial charge in [-0.1, -0.05) is 12.8 Å². The van der Waals surface area contributed by atoms with Gasteiger partial charge in [-0.25, -0.2) is 4.68 Å². The zero-order valence-electron chi connectivity index (χ0n) is 8.45. The third kappa shape index (κ3) is 1.31. The third-order valence-electron chi connectivity index (χ3n) is 3.45. The molecule has 0 amide bonds. The van der Waals surface area contributed by atoms with Crippen molar-refractivity contribution in [3.05, 3.63) is 11.8 Å². The molecule has 2 N–H and O–H groups in total. The number of nitrogens with zero attached hydrogens (tertiary/aromatic N) is 2. The molecule has 1 aromatic rings. The van der Waals surface area contributed by atoms with Crippen LogP contribution in [0, 0.1) is 0 Å². The fourth-order valence-electron chi connectivity index (χ4n) is 2.45. The molecule has 1 heterocycles. The Morgan fingerprint density at radius 3 is 2.57 bits per heavy atom. The van der Waals surface area contributed by atoms with Crippen molar-refractivity contribution in [3.8, 4) is 0 Å². The molecule has 2 saturated carbocycles. The minimum absolute atomic E-state index is 0.586. The first-order valence-corrected chi connectivity index (χ1v) is 5.69. The molecule has 0 saturated heterocycles. The highest BCUT2D eigenvalue weighted by atomic mass is 15.3. The van der Waals surface area contributed by atoms with Crippen LogP contribution in [0.15, 0.2) is 6.07 Å². The first-order chi connectivity index (χ1) is 6.84. The lowest BCUT2D eigenvalue weighted by molar-refractivity contribution is 0.469. The summed E-state index contributed by atoms with van der Waals surface area (Å²) in [6.07, 6.45) is 7.81. The number of nitrogens with two attached hydrogens (primary N) is 1. The van der Waals surface area contributed by atoms with E-state index in [4.69, 9.17) is 5.73 Å². The molecule has 3 nitrogen and oxygen atoms in total. The van der Waals surface area contributed by atoms with E-state index in [0.717, 1.165) is 11.7 Å². The molecule has 0 unspecified atom stereocenters. The van der Waals surface area contributed by atoms with Crippen molar-refractivity contribution >= 4 is 5.82 Å². The summed E-state index contributed by atoms with van der Waals surface area (Å²) in [6, 6.07) is 2.66. The Kier molecular flexibility index (Phi) is 1.79. The summed E-state index contributed by atoms with van der Waals surface area (Å²) in [7, 11) is 0. The molecule has 0 atom stereocenters. The molecule has 2 fully saturated rings. The van der Waals surface area contributed by atoms with Crippen LogP contribution in [0.5, 0.6) is 0 Å². The fourth-order valence-corrected chi connectivity index (χ4v) is 2.45. The van der Waals surface area contributed by atoms with E-state index in [-0.39, 0.29) is 0 Å². The Morgan fingerprint density at radius 1 is 1.21 bits per heavy atom. The Hall–Kier alpha value is -0.990. The SMILES string of the molecule is Nc1cc(C2CC2)nn1C1CCCC1. The minimum atomic E-state index is 0.586. The van der Waals surface area contributed by atoms with E-state index >= 15 is 0 Å². The Labute approximate surface area is 84.3 Å². The van der Waals surface area contributed by atoms with Crippen LogP contribution in [0.4, 0.5) is 5.82 Å². The number of anilines is 1. The first-order valence-electron chi connectivity index (χ1n) is 5.69. The van der Waals surface area contributed by atoms with Gasteiger partial charge < -0.3 is 5.73 Å². The van der Waals surface area contributed by atoms with Crippen LogP contribution < -0.4 is 5.73 Å². The molecule has 3 rings (SSSR count). The highest BCUT2D eigenvalue weighted by Crippen LogP contribution is 2.41. The van der Waals surface area contributed by atoms with Crippen molar-refractivity contribution in [2.75, 3.05) is 5.73 Å². The van der Waals surface area contributed by atoms with Crippen LogP contribution in [0.25, 0.3) is 0 Å². The molecule has 1 aromatic heterocycles. The van der Waals surface area contributed by atoms with Crippen LogP contribution in [-0.2, 0) is 0 Å². The molecule has 0 bridgehead atoms. The van der Waals surface area contributed by atoms with E-state index in [0.29, 0.717) is 6.04 Å². The van der Waals surface area contributed by atoms with Gasteiger partial charge in [-0.2, -0.15) is 5.10 Å². The van der Waals surface area contributed by atoms with Crippen LogP contribution in [0.3, 0.4) is 0 Å². The Balaban J connectivity index is 1.88. The van der Waals surface area contributed by atoms with E-state index in [1.165, 1.54) is 44.2 Å². The molecule has 2 aliphatic carbocycles. The highest BCUT2D eigenvalue weighted by Gasteiger charge is 2.28. The van der Waals surface area contributed by atoms with Crippen LogP contribution in [0.1, 0.15) is 56.2 Å². The number of hydrogen-bond donors (Lipinski definition) is 1. The molecular formula is C11H17N3. The van der Waals surface area contributed by atoms with Crippen molar-refractivity contribution in [2.24, 2.45) is 0 Å². The molecule has 2 aliphatic rings. The van der Waals surface area contributed by atoms with E-state index in [1.807, 2.05) is 0 Å². The lowest BCUT2D eigenvalue weighted by atomic mass is 10.2. The van der Waals surface area contributed by atoms with Gasteiger partial charge in [0.15, 0.2) is 0 Å². The summed E-state index contributed by atoms with van der Waals surface area (Å²) >= 11 is 0. The predicted molar refractivity (Wildman–Crippen MR) is 56.1 cm³/mol. The van der Waals surface area contributed by atoms with E-state index in [1.54, 1.807) is 0 Å². The molecule has 3 heteroatoms. The van der Waals surface area contributed by atoms with Crippen molar-refractivity contribution < 1.29 is 0 Å². The predicted octanol–water partition coefficient (Wildman–Crippen LogP) is 2.46. The van der Waals surface area contributed by atoms with Gasteiger partial charge in [0.2, 0.25) is 0 Å². The Bertz CT molecular complexity index is 332. The van der Waals surface area contributed by atoms with Gasteiger partial charge in [-0.3, -0.25) is 0 Å². The summed E-state index contributed by atoms with van der Waals surface area (Å²) in [5.41, 5.74) is 7.22. The number of rotatable bonds is 2. The minimum Gasteiger partial charge on any atom is -0.384 e. The van der Waals surface area contributed by atoms with Gasteiger partial charge in [-0.05, 0) is 25.7 Å². The summed E-state index contributed by atoms with van der Waals surface area (Å²) in [5.74, 6) is 1.60. The van der Waals surface area contributed by atoms with Gasteiger partial charge in [0.25, 0.3) is 0 Å². The van der Waals surface area contributed by atoms with Crippen molar-refractivity contribution in [1.29, 1.82) is 0 Å². The lowest BCUT2D eigenvalue weighted by Gasteiger charge is -2.11. The smallest absolute Gasteiger partial charge is 0.122 e. The molecular weight excluding hydrogens is 174 g/mol. The average Bonchev–Trinajstić information content (AvgIpc) is 2.75. The van der Waals surface area contributed by atoms with Gasteiger partial charge in [-0.15, -0.1) is 0 Å². The second-order valence-electron chi connectivity index (χ2n) is 4.65. The largest absolute Gasteiger partial charge is 0.384 e. The summed E-state index contributed by atoms with van der Waals surface area (Å²) < 4.78 is 2.07. The van der Waals surface area contributed by atoms with E-state index < -0.39 is 0 Å². The fraction of sp³-hybridized carbons (Fsp3) is 0.727. The van der Waals surface area contributed by atoms with Crippen molar-refractivity contribution in [2.45, 2.75) is 50.5 Å². The second-order valence-corrected chi connectivity index (χ2v) is 4.65. The lowest BCUT2D eigenvalue weighted by Crippen LogP contribution is -2.09. The maximum atomic E-state index is 5.99. The molecule has 0 radical (unpaired) electrons. The van der Waals surface area contributed by atoms with Crippen molar-refractivity contribution in [1.82, 2.24) is 9.78 Å². The normalized spacial score (nSPS) is 23.1. The topological polar surface area (TPSA) is 43.8 Å². The van der Waals surface area contributed by atoms with Gasteiger partial charge >= 0.3 is 0 Å². The first kappa shape index (κ1) is 8.33. The number of hydrogen-bond acceptors (Lipinski definition) is 2. The van der Waals surface area contributed by atoms with Gasteiger partial charge in [0.1, 0.15) is 5.82 Å². The maximum absolute atomic E-state index is 5.99. The number of aromatic nitrogens is 2. The van der Waals surface area contributed by atoms with Crippen LogP contribution >= 0.6 is 0 Å². The van der Waals surface area contributed by atoms with Crippen molar-refractivity contribution in [3.63, 3.8) is 0 Å². The molecule has 14 heavy (non-hydrogen) atoms. The average molecular weight is 191 g/mol. The van der Waals surface area contributed by atoms with E-state index in [9.17, 15) is 0 Å².